The average molecular weight is 477 g/mol. The lowest BCUT2D eigenvalue weighted by molar-refractivity contribution is 0.0714. The fourth-order valence-electron chi connectivity index (χ4n) is 4.91. The van der Waals surface area contributed by atoms with Crippen LogP contribution >= 0.6 is 11.3 Å². The maximum absolute atomic E-state index is 12.6. The van der Waals surface area contributed by atoms with Gasteiger partial charge in [-0.1, -0.05) is 47.9 Å². The van der Waals surface area contributed by atoms with Crippen molar-refractivity contribution in [2.45, 2.75) is 38.6 Å². The Morgan fingerprint density at radius 3 is 2.68 bits per heavy atom. The Morgan fingerprint density at radius 2 is 1.94 bits per heavy atom. The van der Waals surface area contributed by atoms with Gasteiger partial charge in [0.05, 0.1) is 6.26 Å². The van der Waals surface area contributed by atoms with Crippen LogP contribution in [0.15, 0.2) is 47.1 Å². The quantitative estimate of drug-likeness (QED) is 0.451. The lowest BCUT2D eigenvalue weighted by Crippen LogP contribution is -2.48. The van der Waals surface area contributed by atoms with E-state index in [0.717, 1.165) is 40.3 Å². The summed E-state index contributed by atoms with van der Waals surface area (Å²) in [6.45, 7) is 4.86. The van der Waals surface area contributed by atoms with Crippen molar-refractivity contribution >= 4 is 33.2 Å². The molecule has 0 bridgehead atoms. The number of amides is 1. The van der Waals surface area contributed by atoms with E-state index < -0.39 is 0 Å². The van der Waals surface area contributed by atoms with E-state index in [4.69, 9.17) is 14.5 Å². The largest absolute Gasteiger partial charge is 0.459 e. The highest BCUT2D eigenvalue weighted by Gasteiger charge is 2.27. The topological polar surface area (TPSA) is 78.9 Å². The van der Waals surface area contributed by atoms with Crippen molar-refractivity contribution in [3.63, 3.8) is 0 Å². The van der Waals surface area contributed by atoms with Crippen LogP contribution in [0, 0.1) is 6.92 Å². The highest BCUT2D eigenvalue weighted by molar-refractivity contribution is 7.20. The van der Waals surface area contributed by atoms with Crippen LogP contribution in [0.2, 0.25) is 0 Å². The molecule has 1 saturated carbocycles. The first kappa shape index (κ1) is 21.2. The van der Waals surface area contributed by atoms with E-state index in [0.29, 0.717) is 24.9 Å². The molecular weight excluding hydrogens is 448 g/mol. The first-order valence-corrected chi connectivity index (χ1v) is 12.8. The Labute approximate surface area is 202 Å². The molecule has 1 aliphatic carbocycles. The Balaban J connectivity index is 1.26. The van der Waals surface area contributed by atoms with Gasteiger partial charge in [-0.05, 0) is 38.0 Å². The summed E-state index contributed by atoms with van der Waals surface area (Å²) >= 11 is 1.61. The van der Waals surface area contributed by atoms with E-state index in [-0.39, 0.29) is 5.91 Å². The SMILES string of the molecule is Cc1cccc(-c2nc3sc(N4CCN(C(=O)c5ccco5)CC4)nn3c2NC2CCCC2)c1. The average Bonchev–Trinajstić information content (AvgIpc) is 3.65. The molecule has 0 unspecified atom stereocenters. The molecule has 1 aliphatic heterocycles. The second kappa shape index (κ2) is 8.79. The summed E-state index contributed by atoms with van der Waals surface area (Å²) in [5.74, 6) is 1.33. The van der Waals surface area contributed by atoms with E-state index in [9.17, 15) is 4.79 Å². The van der Waals surface area contributed by atoms with Gasteiger partial charge in [0.15, 0.2) is 11.6 Å². The number of anilines is 2. The van der Waals surface area contributed by atoms with E-state index in [1.807, 2.05) is 9.42 Å². The van der Waals surface area contributed by atoms with Crippen LogP contribution in [0.1, 0.15) is 41.8 Å². The summed E-state index contributed by atoms with van der Waals surface area (Å²) in [5, 5.41) is 9.69. The zero-order valence-electron chi connectivity index (χ0n) is 19.2. The normalized spacial score (nSPS) is 17.1. The standard InChI is InChI=1S/C25H28N6O2S/c1-17-6-4-7-18(16-17)21-22(26-19-8-2-3-9-19)31-24(27-21)34-25(28-31)30-13-11-29(12-14-30)23(32)20-10-5-15-33-20/h4-7,10,15-16,19,26H,2-3,8-9,11-14H2,1H3. The number of nitrogens with zero attached hydrogens (tertiary/aromatic N) is 5. The van der Waals surface area contributed by atoms with Crippen LogP contribution in [0.5, 0.6) is 0 Å². The monoisotopic (exact) mass is 476 g/mol. The zero-order valence-corrected chi connectivity index (χ0v) is 20.1. The minimum absolute atomic E-state index is 0.0514. The third-order valence-electron chi connectivity index (χ3n) is 6.75. The Bertz CT molecular complexity index is 1300. The van der Waals surface area contributed by atoms with E-state index in [2.05, 4.69) is 41.4 Å². The number of nitrogens with one attached hydrogen (secondary N) is 1. The molecule has 1 aromatic carbocycles. The van der Waals surface area contributed by atoms with E-state index >= 15 is 0 Å². The van der Waals surface area contributed by atoms with Crippen molar-refractivity contribution in [2.75, 3.05) is 36.4 Å². The molecule has 3 aromatic heterocycles. The molecule has 6 rings (SSSR count). The van der Waals surface area contributed by atoms with Crippen LogP contribution in [0.4, 0.5) is 10.9 Å². The molecule has 0 atom stereocenters. The van der Waals surface area contributed by atoms with Gasteiger partial charge in [-0.25, -0.2) is 4.98 Å². The summed E-state index contributed by atoms with van der Waals surface area (Å²) in [4.78, 5) is 22.6. The smallest absolute Gasteiger partial charge is 0.289 e. The van der Waals surface area contributed by atoms with Gasteiger partial charge in [0.25, 0.3) is 5.91 Å². The highest BCUT2D eigenvalue weighted by Crippen LogP contribution is 2.35. The first-order chi connectivity index (χ1) is 16.7. The summed E-state index contributed by atoms with van der Waals surface area (Å²) in [6.07, 6.45) is 6.44. The lowest BCUT2D eigenvalue weighted by atomic mass is 10.1. The fraction of sp³-hybridized carbons (Fsp3) is 0.400. The predicted molar refractivity (Wildman–Crippen MR) is 134 cm³/mol. The Kier molecular flexibility index (Phi) is 5.49. The third kappa shape index (κ3) is 3.94. The number of benzene rings is 1. The van der Waals surface area contributed by atoms with Gasteiger partial charge in [-0.2, -0.15) is 4.52 Å². The molecule has 0 spiro atoms. The van der Waals surface area contributed by atoms with Gasteiger partial charge in [-0.15, -0.1) is 5.10 Å². The lowest BCUT2D eigenvalue weighted by Gasteiger charge is -2.33. The molecule has 4 aromatic rings. The third-order valence-corrected chi connectivity index (χ3v) is 7.72. The number of aryl methyl sites for hydroxylation is 1. The van der Waals surface area contributed by atoms with Gasteiger partial charge >= 0.3 is 0 Å². The molecule has 9 heteroatoms. The van der Waals surface area contributed by atoms with Crippen LogP contribution in [-0.4, -0.2) is 57.6 Å². The van der Waals surface area contributed by atoms with Gasteiger partial charge in [0.1, 0.15) is 5.69 Å². The van der Waals surface area contributed by atoms with Crippen LogP contribution < -0.4 is 10.2 Å². The molecular formula is C25H28N6O2S. The van der Waals surface area contributed by atoms with Crippen LogP contribution in [0.3, 0.4) is 0 Å². The molecule has 0 radical (unpaired) electrons. The number of carbonyl (C=O) groups excluding carboxylic acids is 1. The summed E-state index contributed by atoms with van der Waals surface area (Å²) in [5.41, 5.74) is 3.30. The predicted octanol–water partition coefficient (Wildman–Crippen LogP) is 4.68. The zero-order chi connectivity index (χ0) is 23.1. The minimum atomic E-state index is -0.0514. The number of imidazole rings is 1. The molecule has 1 amide bonds. The number of furan rings is 1. The molecule has 4 heterocycles. The number of aromatic nitrogens is 3. The van der Waals surface area contributed by atoms with Crippen LogP contribution in [-0.2, 0) is 0 Å². The number of hydrogen-bond acceptors (Lipinski definition) is 7. The first-order valence-electron chi connectivity index (χ1n) is 12.0. The summed E-state index contributed by atoms with van der Waals surface area (Å²) in [7, 11) is 0. The van der Waals surface area contributed by atoms with Gasteiger partial charge in [-0.3, -0.25) is 4.79 Å². The van der Waals surface area contributed by atoms with Crippen molar-refractivity contribution in [1.82, 2.24) is 19.5 Å². The number of fused-ring (bicyclic) bond motifs is 1. The van der Waals surface area contributed by atoms with E-state index in [1.54, 1.807) is 23.5 Å². The van der Waals surface area contributed by atoms with Gasteiger partial charge in [0.2, 0.25) is 10.1 Å². The maximum Gasteiger partial charge on any atom is 0.289 e. The molecule has 34 heavy (non-hydrogen) atoms. The second-order valence-electron chi connectivity index (χ2n) is 9.14. The molecule has 176 valence electrons. The maximum atomic E-state index is 12.6. The number of hydrogen-bond donors (Lipinski definition) is 1. The molecule has 1 N–H and O–H groups in total. The molecule has 1 saturated heterocycles. The Hall–Kier alpha value is -3.33. The Morgan fingerprint density at radius 1 is 1.12 bits per heavy atom. The molecule has 2 aliphatic rings. The van der Waals surface area contributed by atoms with Crippen molar-refractivity contribution in [1.29, 1.82) is 0 Å². The van der Waals surface area contributed by atoms with Crippen LogP contribution in [0.25, 0.3) is 16.2 Å². The number of rotatable bonds is 5. The second-order valence-corrected chi connectivity index (χ2v) is 10.1. The minimum Gasteiger partial charge on any atom is -0.459 e. The van der Waals surface area contributed by atoms with E-state index in [1.165, 1.54) is 37.5 Å². The van der Waals surface area contributed by atoms with Crippen molar-refractivity contribution in [2.24, 2.45) is 0 Å². The van der Waals surface area contributed by atoms with Gasteiger partial charge < -0.3 is 19.5 Å². The molecule has 8 nitrogen and oxygen atoms in total. The molecule has 2 fully saturated rings. The highest BCUT2D eigenvalue weighted by atomic mass is 32.1. The fourth-order valence-corrected chi connectivity index (χ4v) is 5.86. The number of carbonyl (C=O) groups is 1. The number of piperazine rings is 1. The van der Waals surface area contributed by atoms with Crippen molar-refractivity contribution in [3.05, 3.63) is 54.0 Å². The van der Waals surface area contributed by atoms with Gasteiger partial charge in [0, 0.05) is 37.8 Å². The van der Waals surface area contributed by atoms with Crippen molar-refractivity contribution in [3.8, 4) is 11.3 Å². The van der Waals surface area contributed by atoms with Crippen molar-refractivity contribution < 1.29 is 9.21 Å². The summed E-state index contributed by atoms with van der Waals surface area (Å²) in [6, 6.07) is 12.4. The summed E-state index contributed by atoms with van der Waals surface area (Å²) < 4.78 is 7.26.